The van der Waals surface area contributed by atoms with E-state index in [0.717, 1.165) is 3.92 Å². The molecule has 0 nitrogen and oxygen atoms in total. The molecule has 0 bridgehead atoms. The molecular formula is C3H7INa. The van der Waals surface area contributed by atoms with Gasteiger partial charge in [0.1, 0.15) is 0 Å². The average molecular weight is 193 g/mol. The Morgan fingerprint density at radius 3 is 1.40 bits per heavy atom. The minimum Gasteiger partial charge on any atom is -0.0832 e. The third-order valence-corrected chi connectivity index (χ3v) is 0. The van der Waals surface area contributed by atoms with E-state index >= 15 is 0 Å². The van der Waals surface area contributed by atoms with E-state index in [-0.39, 0.29) is 29.6 Å². The molecule has 0 saturated heterocycles. The van der Waals surface area contributed by atoms with Crippen molar-refractivity contribution in [2.75, 3.05) is 0 Å². The molecule has 0 heterocycles. The second-order valence-electron chi connectivity index (χ2n) is 1.01. The van der Waals surface area contributed by atoms with Crippen molar-refractivity contribution < 1.29 is 0 Å². The van der Waals surface area contributed by atoms with Gasteiger partial charge in [-0.3, -0.25) is 0 Å². The first-order valence-corrected chi connectivity index (χ1v) is 2.62. The maximum Gasteiger partial charge on any atom is 0.00530 e. The molecule has 0 aromatic heterocycles. The molecule has 5 heavy (non-hydrogen) atoms. The summed E-state index contributed by atoms with van der Waals surface area (Å²) in [6, 6.07) is 0. The zero-order chi connectivity index (χ0) is 3.58. The minimum absolute atomic E-state index is 0. The van der Waals surface area contributed by atoms with Gasteiger partial charge in [-0.15, -0.1) is 0 Å². The number of hydrogen-bond acceptors (Lipinski definition) is 0. The van der Waals surface area contributed by atoms with Crippen molar-refractivity contribution >= 4 is 52.1 Å². The van der Waals surface area contributed by atoms with Gasteiger partial charge < -0.3 is 0 Å². The molecule has 0 unspecified atom stereocenters. The Kier molecular flexibility index (Phi) is 11.3. The van der Waals surface area contributed by atoms with Crippen molar-refractivity contribution in [3.05, 3.63) is 0 Å². The summed E-state index contributed by atoms with van der Waals surface area (Å²) in [6.07, 6.45) is 0. The second kappa shape index (κ2) is 5.73. The first kappa shape index (κ1) is 9.88. The summed E-state index contributed by atoms with van der Waals surface area (Å²) in [5, 5.41) is 0. The molecule has 0 aliphatic rings. The van der Waals surface area contributed by atoms with E-state index in [9.17, 15) is 0 Å². The van der Waals surface area contributed by atoms with Crippen LogP contribution in [0.15, 0.2) is 0 Å². The zero-order valence-corrected chi connectivity index (χ0v) is 8.11. The van der Waals surface area contributed by atoms with Crippen molar-refractivity contribution in [3.8, 4) is 0 Å². The van der Waals surface area contributed by atoms with Crippen molar-refractivity contribution in [1.82, 2.24) is 0 Å². The average Bonchev–Trinajstić information content (AvgIpc) is 0.811. The van der Waals surface area contributed by atoms with Crippen LogP contribution in [0.25, 0.3) is 0 Å². The van der Waals surface area contributed by atoms with E-state index in [1.165, 1.54) is 0 Å². The van der Waals surface area contributed by atoms with Crippen molar-refractivity contribution in [3.63, 3.8) is 0 Å². The maximum absolute atomic E-state index is 2.34. The normalized spacial score (nSPS) is 7.20. The predicted octanol–water partition coefficient (Wildman–Crippen LogP) is 1.45. The fourth-order valence-electron chi connectivity index (χ4n) is 0. The first-order valence-electron chi connectivity index (χ1n) is 1.37. The Morgan fingerprint density at radius 2 is 1.40 bits per heavy atom. The van der Waals surface area contributed by atoms with E-state index in [1.807, 2.05) is 0 Å². The van der Waals surface area contributed by atoms with Gasteiger partial charge in [0, 0.05) is 33.5 Å². The van der Waals surface area contributed by atoms with Crippen LogP contribution in [0.2, 0.25) is 0 Å². The van der Waals surface area contributed by atoms with Gasteiger partial charge in [-0.25, -0.2) is 0 Å². The van der Waals surface area contributed by atoms with Crippen LogP contribution >= 0.6 is 22.6 Å². The summed E-state index contributed by atoms with van der Waals surface area (Å²) in [6.45, 7) is 4.31. The largest absolute Gasteiger partial charge is 0.0832 e. The maximum atomic E-state index is 2.34. The van der Waals surface area contributed by atoms with Crippen molar-refractivity contribution in [2.45, 2.75) is 17.8 Å². The number of halogens is 1. The Labute approximate surface area is 69.1 Å². The van der Waals surface area contributed by atoms with Gasteiger partial charge in [-0.05, 0) is 0 Å². The molecular weight excluding hydrogens is 186 g/mol. The molecule has 0 saturated carbocycles. The van der Waals surface area contributed by atoms with Gasteiger partial charge in [-0.2, -0.15) is 0 Å². The van der Waals surface area contributed by atoms with Crippen LogP contribution in [0, 0.1) is 0 Å². The van der Waals surface area contributed by atoms with Crippen LogP contribution in [0.1, 0.15) is 13.8 Å². The van der Waals surface area contributed by atoms with Gasteiger partial charge in [0.2, 0.25) is 0 Å². The topological polar surface area (TPSA) is 0 Å². The summed E-state index contributed by atoms with van der Waals surface area (Å²) in [7, 11) is 0. The predicted molar refractivity (Wildman–Crippen MR) is 34.9 cm³/mol. The fraction of sp³-hybridized carbons (Fsp3) is 1.00. The molecule has 0 aromatic carbocycles. The van der Waals surface area contributed by atoms with Gasteiger partial charge in [0.25, 0.3) is 0 Å². The minimum atomic E-state index is 0. The Hall–Kier alpha value is 1.73. The smallest absolute Gasteiger partial charge is 0.00530 e. The molecule has 0 rings (SSSR count). The number of alkyl halides is 1. The zero-order valence-electron chi connectivity index (χ0n) is 3.96. The molecule has 0 aromatic rings. The summed E-state index contributed by atoms with van der Waals surface area (Å²) < 4.78 is 0.803. The van der Waals surface area contributed by atoms with E-state index in [1.54, 1.807) is 0 Å². The summed E-state index contributed by atoms with van der Waals surface area (Å²) in [5.41, 5.74) is 0. The van der Waals surface area contributed by atoms with Gasteiger partial charge in [0.15, 0.2) is 0 Å². The quantitative estimate of drug-likeness (QED) is 0.310. The molecule has 0 aliphatic heterocycles. The Morgan fingerprint density at radius 1 is 1.40 bits per heavy atom. The first-order chi connectivity index (χ1) is 1.73. The molecule has 27 valence electrons. The third-order valence-electron chi connectivity index (χ3n) is 0. The van der Waals surface area contributed by atoms with Gasteiger partial charge >= 0.3 is 0 Å². The van der Waals surface area contributed by atoms with Crippen LogP contribution in [-0.2, 0) is 0 Å². The molecule has 0 atom stereocenters. The summed E-state index contributed by atoms with van der Waals surface area (Å²) in [5.74, 6) is 0. The molecule has 0 spiro atoms. The molecule has 1 radical (unpaired) electrons. The van der Waals surface area contributed by atoms with Gasteiger partial charge in [-0.1, -0.05) is 36.4 Å². The Bertz CT molecular complexity index is 11.6. The van der Waals surface area contributed by atoms with Gasteiger partial charge in [0.05, 0.1) is 0 Å². The monoisotopic (exact) mass is 193 g/mol. The summed E-state index contributed by atoms with van der Waals surface area (Å²) >= 11 is 2.34. The molecule has 2 heteroatoms. The fourth-order valence-corrected chi connectivity index (χ4v) is 0. The Balaban J connectivity index is 0. The third kappa shape index (κ3) is 26.6. The van der Waals surface area contributed by atoms with Crippen LogP contribution in [-0.4, -0.2) is 33.5 Å². The van der Waals surface area contributed by atoms with Crippen LogP contribution < -0.4 is 0 Å². The molecule has 0 fully saturated rings. The second-order valence-corrected chi connectivity index (χ2v) is 3.51. The van der Waals surface area contributed by atoms with Crippen LogP contribution in [0.5, 0.6) is 0 Å². The summed E-state index contributed by atoms with van der Waals surface area (Å²) in [4.78, 5) is 0. The SMILES string of the molecule is CC(C)I.[Na]. The van der Waals surface area contributed by atoms with Crippen molar-refractivity contribution in [2.24, 2.45) is 0 Å². The molecule has 0 aliphatic carbocycles. The van der Waals surface area contributed by atoms with E-state index in [2.05, 4.69) is 36.4 Å². The molecule has 0 amide bonds. The standard InChI is InChI=1S/C3H7I.Na/c1-3(2)4;/h3H,1-2H3;. The molecule has 0 N–H and O–H groups in total. The van der Waals surface area contributed by atoms with E-state index in [4.69, 9.17) is 0 Å². The number of rotatable bonds is 0. The van der Waals surface area contributed by atoms with Crippen LogP contribution in [0.4, 0.5) is 0 Å². The van der Waals surface area contributed by atoms with E-state index < -0.39 is 0 Å². The number of hydrogen-bond donors (Lipinski definition) is 0. The van der Waals surface area contributed by atoms with E-state index in [0.29, 0.717) is 0 Å². The van der Waals surface area contributed by atoms with Crippen molar-refractivity contribution in [1.29, 1.82) is 0 Å². The van der Waals surface area contributed by atoms with Crippen LogP contribution in [0.3, 0.4) is 0 Å².